The van der Waals surface area contributed by atoms with Crippen LogP contribution < -0.4 is 4.74 Å². The van der Waals surface area contributed by atoms with Crippen LogP contribution in [0.2, 0.25) is 0 Å². The van der Waals surface area contributed by atoms with Gasteiger partial charge in [0.1, 0.15) is 5.75 Å². The Morgan fingerprint density at radius 2 is 1.74 bits per heavy atom. The van der Waals surface area contributed by atoms with Crippen LogP contribution >= 0.6 is 15.9 Å². The third-order valence-electron chi connectivity index (χ3n) is 2.45. The van der Waals surface area contributed by atoms with Crippen molar-refractivity contribution in [2.75, 3.05) is 0 Å². The van der Waals surface area contributed by atoms with Gasteiger partial charge in [-0.15, -0.1) is 0 Å². The number of aryl methyl sites for hydroxylation is 1. The first-order valence-electron chi connectivity index (χ1n) is 5.34. The molecule has 0 bridgehead atoms. The summed E-state index contributed by atoms with van der Waals surface area (Å²) in [5.74, 6) is 0.617. The summed E-state index contributed by atoms with van der Waals surface area (Å²) in [6, 6.07) is 6.26. The first-order chi connectivity index (χ1) is 8.88. The highest BCUT2D eigenvalue weighted by Gasteiger charge is 2.30. The van der Waals surface area contributed by atoms with E-state index in [0.717, 1.165) is 17.7 Å². The predicted molar refractivity (Wildman–Crippen MR) is 68.2 cm³/mol. The summed E-state index contributed by atoms with van der Waals surface area (Å²) in [5.41, 5.74) is 0.216. The molecule has 6 heteroatoms. The largest absolute Gasteiger partial charge is 0.438 e. The van der Waals surface area contributed by atoms with Gasteiger partial charge in [0.05, 0.1) is 10.0 Å². The summed E-state index contributed by atoms with van der Waals surface area (Å²) < 4.78 is 43.3. The van der Waals surface area contributed by atoms with E-state index in [1.807, 2.05) is 6.92 Å². The number of ether oxygens (including phenoxy) is 1. The SMILES string of the molecule is Cc1ccnc(Oc2ccc(C(F)(F)F)cc2)c1Br. The van der Waals surface area contributed by atoms with Gasteiger partial charge < -0.3 is 4.74 Å². The number of rotatable bonds is 2. The Balaban J connectivity index is 2.23. The van der Waals surface area contributed by atoms with Gasteiger partial charge in [-0.1, -0.05) is 0 Å². The maximum absolute atomic E-state index is 12.4. The van der Waals surface area contributed by atoms with Crippen molar-refractivity contribution in [1.82, 2.24) is 4.98 Å². The lowest BCUT2D eigenvalue weighted by molar-refractivity contribution is -0.137. The molecule has 0 saturated heterocycles. The second kappa shape index (κ2) is 5.21. The predicted octanol–water partition coefficient (Wildman–Crippen LogP) is 4.96. The van der Waals surface area contributed by atoms with Crippen LogP contribution in [0.3, 0.4) is 0 Å². The third-order valence-corrected chi connectivity index (χ3v) is 3.41. The summed E-state index contributed by atoms with van der Waals surface area (Å²) in [4.78, 5) is 4.01. The topological polar surface area (TPSA) is 22.1 Å². The zero-order valence-corrected chi connectivity index (χ0v) is 11.4. The molecule has 2 aromatic rings. The van der Waals surface area contributed by atoms with E-state index in [1.165, 1.54) is 12.1 Å². The van der Waals surface area contributed by atoms with Crippen molar-refractivity contribution in [1.29, 1.82) is 0 Å². The first-order valence-corrected chi connectivity index (χ1v) is 6.13. The zero-order valence-electron chi connectivity index (χ0n) is 9.83. The van der Waals surface area contributed by atoms with E-state index in [9.17, 15) is 13.2 Å². The number of pyridine rings is 1. The fraction of sp³-hybridized carbons (Fsp3) is 0.154. The van der Waals surface area contributed by atoms with Crippen LogP contribution in [-0.2, 0) is 6.18 Å². The summed E-state index contributed by atoms with van der Waals surface area (Å²) in [5, 5.41) is 0. The molecular weight excluding hydrogens is 323 g/mol. The Hall–Kier alpha value is -1.56. The van der Waals surface area contributed by atoms with Crippen molar-refractivity contribution in [3.8, 4) is 11.6 Å². The van der Waals surface area contributed by atoms with Crippen LogP contribution in [0.1, 0.15) is 11.1 Å². The lowest BCUT2D eigenvalue weighted by atomic mass is 10.2. The number of aromatic nitrogens is 1. The van der Waals surface area contributed by atoms with Gasteiger partial charge in [-0.2, -0.15) is 13.2 Å². The van der Waals surface area contributed by atoms with Crippen molar-refractivity contribution in [3.05, 3.63) is 52.1 Å². The molecular formula is C13H9BrF3NO. The van der Waals surface area contributed by atoms with Gasteiger partial charge in [0, 0.05) is 6.20 Å². The molecule has 0 aliphatic heterocycles. The molecule has 0 radical (unpaired) electrons. The highest BCUT2D eigenvalue weighted by Crippen LogP contribution is 2.33. The smallest absolute Gasteiger partial charge is 0.416 e. The van der Waals surface area contributed by atoms with E-state index >= 15 is 0 Å². The van der Waals surface area contributed by atoms with E-state index in [-0.39, 0.29) is 0 Å². The second-order valence-electron chi connectivity index (χ2n) is 3.87. The molecule has 100 valence electrons. The van der Waals surface area contributed by atoms with E-state index in [1.54, 1.807) is 12.3 Å². The van der Waals surface area contributed by atoms with Crippen LogP contribution in [0, 0.1) is 6.92 Å². The second-order valence-corrected chi connectivity index (χ2v) is 4.66. The van der Waals surface area contributed by atoms with E-state index in [4.69, 9.17) is 4.74 Å². The molecule has 0 N–H and O–H groups in total. The molecule has 2 rings (SSSR count). The maximum Gasteiger partial charge on any atom is 0.416 e. The lowest BCUT2D eigenvalue weighted by Crippen LogP contribution is -2.04. The standard InChI is InChI=1S/C13H9BrF3NO/c1-8-6-7-18-12(11(8)14)19-10-4-2-9(3-5-10)13(15,16)17/h2-7H,1H3. The fourth-order valence-electron chi connectivity index (χ4n) is 1.41. The molecule has 1 aromatic carbocycles. The van der Waals surface area contributed by atoms with Crippen LogP contribution in [-0.4, -0.2) is 4.98 Å². The molecule has 0 aliphatic carbocycles. The average Bonchev–Trinajstić information content (AvgIpc) is 2.35. The normalized spacial score (nSPS) is 11.4. The van der Waals surface area contributed by atoms with Crippen molar-refractivity contribution in [2.45, 2.75) is 13.1 Å². The van der Waals surface area contributed by atoms with Gasteiger partial charge in [0.2, 0.25) is 5.88 Å². The van der Waals surface area contributed by atoms with Crippen molar-refractivity contribution < 1.29 is 17.9 Å². The Kier molecular flexibility index (Phi) is 3.80. The minimum absolute atomic E-state index is 0.298. The molecule has 0 fully saturated rings. The third kappa shape index (κ3) is 3.26. The fourth-order valence-corrected chi connectivity index (χ4v) is 1.73. The van der Waals surface area contributed by atoms with Crippen molar-refractivity contribution >= 4 is 15.9 Å². The van der Waals surface area contributed by atoms with Crippen LogP contribution in [0.15, 0.2) is 41.0 Å². The molecule has 0 aliphatic rings. The first kappa shape index (κ1) is 13.9. The molecule has 0 saturated carbocycles. The highest BCUT2D eigenvalue weighted by molar-refractivity contribution is 9.10. The zero-order chi connectivity index (χ0) is 14.0. The van der Waals surface area contributed by atoms with Crippen molar-refractivity contribution in [3.63, 3.8) is 0 Å². The van der Waals surface area contributed by atoms with E-state index in [0.29, 0.717) is 16.1 Å². The van der Waals surface area contributed by atoms with Gasteiger partial charge in [-0.3, -0.25) is 0 Å². The van der Waals surface area contributed by atoms with E-state index in [2.05, 4.69) is 20.9 Å². The number of hydrogen-bond donors (Lipinski definition) is 0. The van der Waals surface area contributed by atoms with Gasteiger partial charge >= 0.3 is 6.18 Å². The Morgan fingerprint density at radius 1 is 1.11 bits per heavy atom. The summed E-state index contributed by atoms with van der Waals surface area (Å²) >= 11 is 3.32. The number of hydrogen-bond acceptors (Lipinski definition) is 2. The van der Waals surface area contributed by atoms with Gasteiger partial charge in [0.25, 0.3) is 0 Å². The molecule has 0 unspecified atom stereocenters. The lowest BCUT2D eigenvalue weighted by Gasteiger charge is -2.10. The number of alkyl halides is 3. The van der Waals surface area contributed by atoms with Gasteiger partial charge in [0.15, 0.2) is 0 Å². The minimum atomic E-state index is -4.35. The number of nitrogens with zero attached hydrogens (tertiary/aromatic N) is 1. The number of halogens is 4. The quantitative estimate of drug-likeness (QED) is 0.775. The molecule has 19 heavy (non-hydrogen) atoms. The Morgan fingerprint density at radius 3 is 2.32 bits per heavy atom. The monoisotopic (exact) mass is 331 g/mol. The van der Waals surface area contributed by atoms with Gasteiger partial charge in [-0.25, -0.2) is 4.98 Å². The Labute approximate surface area is 116 Å². The molecule has 0 amide bonds. The highest BCUT2D eigenvalue weighted by atomic mass is 79.9. The molecule has 1 aromatic heterocycles. The van der Waals surface area contributed by atoms with Gasteiger partial charge in [-0.05, 0) is 58.7 Å². The maximum atomic E-state index is 12.4. The number of benzene rings is 1. The summed E-state index contributed by atoms with van der Waals surface area (Å²) in [7, 11) is 0. The molecule has 0 atom stereocenters. The summed E-state index contributed by atoms with van der Waals surface area (Å²) in [6.45, 7) is 1.87. The molecule has 2 nitrogen and oxygen atoms in total. The van der Waals surface area contributed by atoms with Crippen molar-refractivity contribution in [2.24, 2.45) is 0 Å². The minimum Gasteiger partial charge on any atom is -0.438 e. The Bertz CT molecular complexity index is 581. The average molecular weight is 332 g/mol. The molecule has 0 spiro atoms. The van der Waals surface area contributed by atoms with Crippen LogP contribution in [0.4, 0.5) is 13.2 Å². The summed E-state index contributed by atoms with van der Waals surface area (Å²) in [6.07, 6.45) is -2.78. The van der Waals surface area contributed by atoms with Crippen LogP contribution in [0.25, 0.3) is 0 Å². The van der Waals surface area contributed by atoms with Crippen LogP contribution in [0.5, 0.6) is 11.6 Å². The molecule has 1 heterocycles. The van der Waals surface area contributed by atoms with E-state index < -0.39 is 11.7 Å².